The van der Waals surface area contributed by atoms with Crippen molar-refractivity contribution in [3.63, 3.8) is 0 Å². The van der Waals surface area contributed by atoms with Gasteiger partial charge in [-0.25, -0.2) is 4.79 Å². The molecule has 26 heavy (non-hydrogen) atoms. The summed E-state index contributed by atoms with van der Waals surface area (Å²) >= 11 is 11.9. The Bertz CT molecular complexity index is 821. The lowest BCUT2D eigenvalue weighted by molar-refractivity contribution is -0.120. The van der Waals surface area contributed by atoms with Crippen LogP contribution in [-0.2, 0) is 14.3 Å². The van der Waals surface area contributed by atoms with E-state index in [1.807, 2.05) is 0 Å². The molecule has 2 rings (SSSR count). The van der Waals surface area contributed by atoms with Crippen LogP contribution in [0.4, 0.5) is 5.69 Å². The number of carbonyl (C=O) groups is 3. The molecule has 0 atom stereocenters. The van der Waals surface area contributed by atoms with E-state index in [2.05, 4.69) is 5.32 Å². The van der Waals surface area contributed by atoms with Crippen molar-refractivity contribution in [2.45, 2.75) is 0 Å². The number of ether oxygens (including phenoxy) is 2. The molecule has 9 heteroatoms. The van der Waals surface area contributed by atoms with Crippen molar-refractivity contribution in [1.29, 1.82) is 0 Å². The first-order chi connectivity index (χ1) is 12.4. The minimum Gasteiger partial charge on any atom is -0.483 e. The summed E-state index contributed by atoms with van der Waals surface area (Å²) in [4.78, 5) is 34.9. The Morgan fingerprint density at radius 1 is 0.962 bits per heavy atom. The van der Waals surface area contributed by atoms with Gasteiger partial charge in [-0.1, -0.05) is 41.4 Å². The molecule has 0 spiro atoms. The van der Waals surface area contributed by atoms with Gasteiger partial charge in [0.05, 0.1) is 15.7 Å². The van der Waals surface area contributed by atoms with Gasteiger partial charge in [0.1, 0.15) is 11.3 Å². The minimum atomic E-state index is -0.800. The highest BCUT2D eigenvalue weighted by Gasteiger charge is 2.17. The van der Waals surface area contributed by atoms with E-state index >= 15 is 0 Å². The van der Waals surface area contributed by atoms with Crippen molar-refractivity contribution in [2.75, 3.05) is 18.5 Å². The van der Waals surface area contributed by atoms with Gasteiger partial charge in [0.2, 0.25) is 0 Å². The highest BCUT2D eigenvalue weighted by atomic mass is 35.5. The van der Waals surface area contributed by atoms with Crippen LogP contribution in [0.25, 0.3) is 0 Å². The highest BCUT2D eigenvalue weighted by molar-refractivity contribution is 6.39. The molecule has 0 saturated heterocycles. The number of hydrogen-bond donors (Lipinski definition) is 2. The average molecular weight is 397 g/mol. The van der Waals surface area contributed by atoms with Crippen molar-refractivity contribution in [1.82, 2.24) is 0 Å². The Morgan fingerprint density at radius 3 is 2.27 bits per heavy atom. The number of nitrogens with one attached hydrogen (secondary N) is 1. The summed E-state index contributed by atoms with van der Waals surface area (Å²) in [6.45, 7) is -0.958. The number of esters is 1. The minimum absolute atomic E-state index is 0.0531. The van der Waals surface area contributed by atoms with E-state index in [1.165, 1.54) is 12.1 Å². The molecule has 0 fully saturated rings. The fraction of sp³-hybridized carbons (Fsp3) is 0.118. The van der Waals surface area contributed by atoms with Gasteiger partial charge in [-0.2, -0.15) is 0 Å². The predicted molar refractivity (Wildman–Crippen MR) is 96.5 cm³/mol. The predicted octanol–water partition coefficient (Wildman–Crippen LogP) is 2.65. The lowest BCUT2D eigenvalue weighted by atomic mass is 10.2. The second-order valence-electron chi connectivity index (χ2n) is 4.97. The number of benzene rings is 2. The Balaban J connectivity index is 1.98. The SMILES string of the molecule is NC(=O)COc1ccccc1C(=O)OCC(=O)Nc1c(Cl)cccc1Cl. The highest BCUT2D eigenvalue weighted by Crippen LogP contribution is 2.29. The number of para-hydroxylation sites is 2. The first-order valence-electron chi connectivity index (χ1n) is 7.29. The molecular formula is C17H14Cl2N2O5. The van der Waals surface area contributed by atoms with E-state index in [0.29, 0.717) is 0 Å². The maximum absolute atomic E-state index is 12.2. The first-order valence-corrected chi connectivity index (χ1v) is 8.05. The molecule has 0 bridgehead atoms. The topological polar surface area (TPSA) is 108 Å². The summed E-state index contributed by atoms with van der Waals surface area (Å²) in [6, 6.07) is 10.8. The second kappa shape index (κ2) is 9.07. The Labute approximate surface area is 159 Å². The van der Waals surface area contributed by atoms with Crippen LogP contribution in [0.5, 0.6) is 5.75 Å². The third kappa shape index (κ3) is 5.37. The van der Waals surface area contributed by atoms with E-state index in [1.54, 1.807) is 30.3 Å². The number of nitrogens with two attached hydrogens (primary N) is 1. The van der Waals surface area contributed by atoms with Crippen molar-refractivity contribution in [2.24, 2.45) is 5.73 Å². The molecule has 0 aliphatic carbocycles. The quantitative estimate of drug-likeness (QED) is 0.699. The number of hydrogen-bond acceptors (Lipinski definition) is 5. The first kappa shape index (κ1) is 19.6. The standard InChI is InChI=1S/C17H14Cl2N2O5/c18-11-5-3-6-12(19)16(11)21-15(23)9-26-17(24)10-4-1-2-7-13(10)25-8-14(20)22/h1-7H,8-9H2,(H2,20,22)(H,21,23). The van der Waals surface area contributed by atoms with Gasteiger partial charge in [-0.05, 0) is 24.3 Å². The van der Waals surface area contributed by atoms with Crippen LogP contribution in [0.1, 0.15) is 10.4 Å². The van der Waals surface area contributed by atoms with Gasteiger partial charge in [0.25, 0.3) is 11.8 Å². The Hall–Kier alpha value is -2.77. The van der Waals surface area contributed by atoms with Gasteiger partial charge in [-0.3, -0.25) is 9.59 Å². The van der Waals surface area contributed by atoms with Gasteiger partial charge < -0.3 is 20.5 Å². The summed E-state index contributed by atoms with van der Waals surface area (Å²) in [5.74, 6) is -2.00. The van der Waals surface area contributed by atoms with Crippen LogP contribution in [0.15, 0.2) is 42.5 Å². The molecule has 0 aliphatic heterocycles. The van der Waals surface area contributed by atoms with Gasteiger partial charge in [0, 0.05) is 0 Å². The van der Waals surface area contributed by atoms with Gasteiger partial charge >= 0.3 is 5.97 Å². The van der Waals surface area contributed by atoms with E-state index in [9.17, 15) is 14.4 Å². The number of amides is 2. The lowest BCUT2D eigenvalue weighted by Gasteiger charge is -2.11. The number of anilines is 1. The zero-order valence-electron chi connectivity index (χ0n) is 13.3. The molecule has 0 aliphatic rings. The Kier molecular flexibility index (Phi) is 6.82. The van der Waals surface area contributed by atoms with Gasteiger partial charge in [-0.15, -0.1) is 0 Å². The van der Waals surface area contributed by atoms with Crippen LogP contribution in [0, 0.1) is 0 Å². The summed E-state index contributed by atoms with van der Waals surface area (Å²) < 4.78 is 10.1. The Morgan fingerprint density at radius 2 is 1.62 bits per heavy atom. The molecule has 2 amide bonds. The maximum atomic E-state index is 12.2. The molecule has 0 heterocycles. The molecule has 3 N–H and O–H groups in total. The molecule has 136 valence electrons. The molecule has 0 aromatic heterocycles. The average Bonchev–Trinajstić information content (AvgIpc) is 2.61. The third-order valence-electron chi connectivity index (χ3n) is 3.04. The number of halogens is 2. The van der Waals surface area contributed by atoms with Crippen molar-refractivity contribution in [3.05, 3.63) is 58.1 Å². The fourth-order valence-electron chi connectivity index (χ4n) is 1.91. The maximum Gasteiger partial charge on any atom is 0.342 e. The van der Waals surface area contributed by atoms with Crippen LogP contribution in [0.3, 0.4) is 0 Å². The van der Waals surface area contributed by atoms with E-state index in [-0.39, 0.29) is 27.0 Å². The summed E-state index contributed by atoms with van der Waals surface area (Å²) in [5.41, 5.74) is 5.29. The zero-order chi connectivity index (χ0) is 19.1. The van der Waals surface area contributed by atoms with Crippen molar-refractivity contribution < 1.29 is 23.9 Å². The third-order valence-corrected chi connectivity index (χ3v) is 3.67. The monoisotopic (exact) mass is 396 g/mol. The zero-order valence-corrected chi connectivity index (χ0v) is 14.8. The van der Waals surface area contributed by atoms with Crippen LogP contribution >= 0.6 is 23.2 Å². The van der Waals surface area contributed by atoms with Crippen LogP contribution < -0.4 is 15.8 Å². The van der Waals surface area contributed by atoms with E-state index in [4.69, 9.17) is 38.4 Å². The van der Waals surface area contributed by atoms with Crippen molar-refractivity contribution in [3.8, 4) is 5.75 Å². The molecule has 0 radical (unpaired) electrons. The molecule has 2 aromatic carbocycles. The van der Waals surface area contributed by atoms with Gasteiger partial charge in [0.15, 0.2) is 13.2 Å². The van der Waals surface area contributed by atoms with Crippen LogP contribution in [0.2, 0.25) is 10.0 Å². The second-order valence-corrected chi connectivity index (χ2v) is 5.79. The summed E-state index contributed by atoms with van der Waals surface area (Å²) in [5, 5.41) is 2.97. The van der Waals surface area contributed by atoms with Crippen molar-refractivity contribution >= 4 is 46.7 Å². The molecule has 2 aromatic rings. The largest absolute Gasteiger partial charge is 0.483 e. The summed E-state index contributed by atoms with van der Waals surface area (Å²) in [7, 11) is 0. The summed E-state index contributed by atoms with van der Waals surface area (Å²) in [6.07, 6.45) is 0. The molecule has 7 nitrogen and oxygen atoms in total. The number of rotatable bonds is 7. The smallest absolute Gasteiger partial charge is 0.342 e. The van der Waals surface area contributed by atoms with E-state index in [0.717, 1.165) is 0 Å². The van der Waals surface area contributed by atoms with Crippen LogP contribution in [-0.4, -0.2) is 31.0 Å². The molecular weight excluding hydrogens is 383 g/mol. The number of carbonyl (C=O) groups excluding carboxylic acids is 3. The molecule has 0 saturated carbocycles. The normalized spacial score (nSPS) is 10.1. The van der Waals surface area contributed by atoms with E-state index < -0.39 is 31.0 Å². The fourth-order valence-corrected chi connectivity index (χ4v) is 2.40. The lowest BCUT2D eigenvalue weighted by Crippen LogP contribution is -2.23. The molecule has 0 unspecified atom stereocenters. The number of primary amides is 1.